The molecule has 1 aromatic heterocycles. The lowest BCUT2D eigenvalue weighted by Gasteiger charge is -2.05. The third-order valence-electron chi connectivity index (χ3n) is 4.41. The van der Waals surface area contributed by atoms with Crippen LogP contribution in [-0.2, 0) is 11.2 Å². The summed E-state index contributed by atoms with van der Waals surface area (Å²) in [5.41, 5.74) is 0.246. The predicted octanol–water partition coefficient (Wildman–Crippen LogP) is 4.96. The molecule has 1 heterocycles. The Bertz CT molecular complexity index is 855. The zero-order valence-electron chi connectivity index (χ0n) is 17.4. The van der Waals surface area contributed by atoms with Crippen molar-refractivity contribution in [3.05, 3.63) is 63.3 Å². The van der Waals surface area contributed by atoms with E-state index in [0.717, 1.165) is 37.3 Å². The second-order valence-corrected chi connectivity index (χ2v) is 7.04. The fourth-order valence-electron chi connectivity index (χ4n) is 2.72. The van der Waals surface area contributed by atoms with E-state index in [1.165, 1.54) is 12.1 Å². The van der Waals surface area contributed by atoms with Crippen molar-refractivity contribution in [3.63, 3.8) is 0 Å². The van der Waals surface area contributed by atoms with E-state index < -0.39 is 23.1 Å². The van der Waals surface area contributed by atoms with Gasteiger partial charge in [0.05, 0.1) is 0 Å². The fourth-order valence-corrected chi connectivity index (χ4v) is 2.72. The molecular formula is C23H30O6. The number of aliphatic carboxylic acids is 1. The molecule has 1 aromatic rings. The van der Waals surface area contributed by atoms with Crippen LogP contribution < -0.4 is 5.63 Å². The van der Waals surface area contributed by atoms with Crippen LogP contribution in [0.25, 0.3) is 0 Å². The van der Waals surface area contributed by atoms with Gasteiger partial charge < -0.3 is 14.6 Å². The molecule has 0 unspecified atom stereocenters. The maximum absolute atomic E-state index is 12.6. The number of ketones is 1. The number of rotatable bonds is 12. The first-order valence-electron chi connectivity index (χ1n) is 9.90. The minimum atomic E-state index is -1.02. The number of Topliss-reactive ketones (excluding diaryl/α,β-unsaturated/α-hetero) is 1. The van der Waals surface area contributed by atoms with E-state index in [4.69, 9.17) is 9.52 Å². The molecule has 0 saturated carbocycles. The lowest BCUT2D eigenvalue weighted by molar-refractivity contribution is -0.131. The highest BCUT2D eigenvalue weighted by Crippen LogP contribution is 2.20. The molecule has 0 aliphatic carbocycles. The summed E-state index contributed by atoms with van der Waals surface area (Å²) in [5.74, 6) is -1.74. The molecule has 0 aliphatic rings. The molecule has 29 heavy (non-hydrogen) atoms. The third-order valence-corrected chi connectivity index (χ3v) is 4.41. The topological polar surface area (TPSA) is 105 Å². The smallest absolute Gasteiger partial charge is 0.351 e. The standard InChI is InChI=1S/C23H30O6/c1-4-5-7-10-16(2)13-14-17(3)22(27)21-19(24)15-18(29-23(21)28)11-8-6-9-12-20(25)26/h9,12-15,24H,4-8,10-11H2,1-3H3,(H,25,26)/b12-9+,16-13?,17-14+. The molecule has 0 atom stereocenters. The van der Waals surface area contributed by atoms with Gasteiger partial charge in [0.1, 0.15) is 17.1 Å². The Balaban J connectivity index is 2.83. The number of carbonyl (C=O) groups excluding carboxylic acids is 1. The molecule has 0 aromatic carbocycles. The second-order valence-electron chi connectivity index (χ2n) is 7.04. The van der Waals surface area contributed by atoms with Gasteiger partial charge >= 0.3 is 11.6 Å². The van der Waals surface area contributed by atoms with Gasteiger partial charge in [0.2, 0.25) is 0 Å². The number of allylic oxidation sites excluding steroid dienone is 5. The summed E-state index contributed by atoms with van der Waals surface area (Å²) >= 11 is 0. The summed E-state index contributed by atoms with van der Waals surface area (Å²) in [5, 5.41) is 18.7. The number of hydrogen-bond donors (Lipinski definition) is 2. The summed E-state index contributed by atoms with van der Waals surface area (Å²) in [6.07, 6.45) is 11.8. The summed E-state index contributed by atoms with van der Waals surface area (Å²) in [4.78, 5) is 35.2. The highest BCUT2D eigenvalue weighted by atomic mass is 16.4. The van der Waals surface area contributed by atoms with Crippen molar-refractivity contribution in [1.29, 1.82) is 0 Å². The number of aromatic hydroxyl groups is 1. The van der Waals surface area contributed by atoms with E-state index >= 15 is 0 Å². The van der Waals surface area contributed by atoms with Gasteiger partial charge in [-0.2, -0.15) is 0 Å². The molecule has 0 amide bonds. The van der Waals surface area contributed by atoms with Crippen molar-refractivity contribution >= 4 is 11.8 Å². The quantitative estimate of drug-likeness (QED) is 0.221. The Kier molecular flexibility index (Phi) is 10.4. The lowest BCUT2D eigenvalue weighted by atomic mass is 10.0. The SMILES string of the molecule is CCCCCC(C)=C/C=C(\C)C(=O)c1c(O)cc(CCC/C=C/C(=O)O)oc1=O. The van der Waals surface area contributed by atoms with Crippen LogP contribution in [0, 0.1) is 0 Å². The maximum atomic E-state index is 12.6. The van der Waals surface area contributed by atoms with E-state index in [0.29, 0.717) is 24.8 Å². The van der Waals surface area contributed by atoms with E-state index in [2.05, 4.69) is 6.92 Å². The van der Waals surface area contributed by atoms with Gasteiger partial charge in [0, 0.05) is 18.6 Å². The van der Waals surface area contributed by atoms with Crippen LogP contribution in [0.1, 0.15) is 75.4 Å². The maximum Gasteiger partial charge on any atom is 0.351 e. The zero-order chi connectivity index (χ0) is 21.8. The molecule has 6 heteroatoms. The molecule has 0 spiro atoms. The van der Waals surface area contributed by atoms with E-state index in [1.54, 1.807) is 13.0 Å². The Labute approximate surface area is 171 Å². The van der Waals surface area contributed by atoms with E-state index in [-0.39, 0.29) is 11.3 Å². The third kappa shape index (κ3) is 8.77. The lowest BCUT2D eigenvalue weighted by Crippen LogP contribution is -2.16. The number of carboxylic acid groups (broad SMARTS) is 1. The predicted molar refractivity (Wildman–Crippen MR) is 112 cm³/mol. The molecule has 6 nitrogen and oxygen atoms in total. The van der Waals surface area contributed by atoms with Gasteiger partial charge in [0.25, 0.3) is 0 Å². The number of carboxylic acids is 1. The number of carbonyl (C=O) groups is 2. The molecular weight excluding hydrogens is 372 g/mol. The van der Waals surface area contributed by atoms with Gasteiger partial charge in [-0.15, -0.1) is 0 Å². The van der Waals surface area contributed by atoms with Gasteiger partial charge in [-0.1, -0.05) is 43.6 Å². The largest absolute Gasteiger partial charge is 0.507 e. The second kappa shape index (κ2) is 12.5. The van der Waals surface area contributed by atoms with E-state index in [1.807, 2.05) is 13.0 Å². The van der Waals surface area contributed by atoms with Crippen LogP contribution in [0.3, 0.4) is 0 Å². The number of aryl methyl sites for hydroxylation is 1. The van der Waals surface area contributed by atoms with Crippen LogP contribution in [0.4, 0.5) is 0 Å². The number of hydrogen-bond acceptors (Lipinski definition) is 5. The first-order valence-corrected chi connectivity index (χ1v) is 9.90. The molecule has 158 valence electrons. The van der Waals surface area contributed by atoms with Crippen molar-refractivity contribution in [2.24, 2.45) is 0 Å². The molecule has 0 radical (unpaired) electrons. The monoisotopic (exact) mass is 402 g/mol. The molecule has 2 N–H and O–H groups in total. The zero-order valence-corrected chi connectivity index (χ0v) is 17.4. The Hall–Kier alpha value is -2.89. The normalized spacial score (nSPS) is 12.5. The van der Waals surface area contributed by atoms with Crippen molar-refractivity contribution in [3.8, 4) is 5.75 Å². The molecule has 0 aliphatic heterocycles. The molecule has 0 fully saturated rings. The Morgan fingerprint density at radius 3 is 2.48 bits per heavy atom. The molecule has 1 rings (SSSR count). The Morgan fingerprint density at radius 2 is 1.86 bits per heavy atom. The van der Waals surface area contributed by atoms with Crippen LogP contribution in [0.15, 0.2) is 50.7 Å². The number of unbranched alkanes of at least 4 members (excludes halogenated alkanes) is 3. The minimum absolute atomic E-state index is 0.251. The summed E-state index contributed by atoms with van der Waals surface area (Å²) < 4.78 is 5.16. The van der Waals surface area contributed by atoms with Crippen molar-refractivity contribution in [2.75, 3.05) is 0 Å². The van der Waals surface area contributed by atoms with Crippen molar-refractivity contribution < 1.29 is 24.2 Å². The molecule has 0 saturated heterocycles. The van der Waals surface area contributed by atoms with Gasteiger partial charge in [-0.3, -0.25) is 4.79 Å². The first kappa shape index (κ1) is 24.1. The van der Waals surface area contributed by atoms with Crippen LogP contribution in [-0.4, -0.2) is 22.0 Å². The van der Waals surface area contributed by atoms with Gasteiger partial charge in [0.15, 0.2) is 5.78 Å². The van der Waals surface area contributed by atoms with Crippen LogP contribution in [0.5, 0.6) is 5.75 Å². The Morgan fingerprint density at radius 1 is 1.14 bits per heavy atom. The van der Waals surface area contributed by atoms with Gasteiger partial charge in [-0.05, 0) is 45.1 Å². The van der Waals surface area contributed by atoms with Crippen molar-refractivity contribution in [1.82, 2.24) is 0 Å². The highest BCUT2D eigenvalue weighted by molar-refractivity contribution is 6.09. The van der Waals surface area contributed by atoms with Gasteiger partial charge in [-0.25, -0.2) is 9.59 Å². The fraction of sp³-hybridized carbons (Fsp3) is 0.435. The van der Waals surface area contributed by atoms with Crippen LogP contribution >= 0.6 is 0 Å². The first-order chi connectivity index (χ1) is 13.8. The van der Waals surface area contributed by atoms with E-state index in [9.17, 15) is 19.5 Å². The summed E-state index contributed by atoms with van der Waals surface area (Å²) in [6, 6.07) is 1.27. The minimum Gasteiger partial charge on any atom is -0.507 e. The van der Waals surface area contributed by atoms with Crippen LogP contribution in [0.2, 0.25) is 0 Å². The molecule has 0 bridgehead atoms. The summed E-state index contributed by atoms with van der Waals surface area (Å²) in [6.45, 7) is 5.73. The summed E-state index contributed by atoms with van der Waals surface area (Å²) in [7, 11) is 0. The van der Waals surface area contributed by atoms with Crippen molar-refractivity contribution in [2.45, 2.75) is 65.7 Å². The highest BCUT2D eigenvalue weighted by Gasteiger charge is 2.20. The average molecular weight is 402 g/mol. The average Bonchev–Trinajstić information content (AvgIpc) is 2.65.